The second-order valence-corrected chi connectivity index (χ2v) is 5.54. The van der Waals surface area contributed by atoms with Crippen molar-refractivity contribution in [2.45, 2.75) is 19.9 Å². The van der Waals surface area contributed by atoms with Crippen molar-refractivity contribution in [3.05, 3.63) is 65.7 Å². The van der Waals surface area contributed by atoms with Gasteiger partial charge in [0.15, 0.2) is 5.11 Å². The van der Waals surface area contributed by atoms with E-state index in [1.807, 2.05) is 62.4 Å². The second-order valence-electron chi connectivity index (χ2n) is 5.14. The predicted octanol–water partition coefficient (Wildman–Crippen LogP) is 3.48. The smallest absolute Gasteiger partial charge is 0.253 e. The number of para-hydroxylation sites is 1. The van der Waals surface area contributed by atoms with Gasteiger partial charge in [0.2, 0.25) is 0 Å². The maximum Gasteiger partial charge on any atom is 0.253 e. The highest BCUT2D eigenvalue weighted by Gasteiger charge is 2.15. The number of hydrogen-bond acceptors (Lipinski definition) is 2. The van der Waals surface area contributed by atoms with Gasteiger partial charge in [0, 0.05) is 6.54 Å². The molecular weight excluding hydrogens is 306 g/mol. The van der Waals surface area contributed by atoms with Crippen molar-refractivity contribution in [3.63, 3.8) is 0 Å². The van der Waals surface area contributed by atoms with Gasteiger partial charge in [0.25, 0.3) is 5.91 Å². The number of carbonyl (C=O) groups excluding carboxylic acids is 1. The molecule has 120 valence electrons. The van der Waals surface area contributed by atoms with Crippen molar-refractivity contribution in [2.24, 2.45) is 0 Å². The highest BCUT2D eigenvalue weighted by Crippen LogP contribution is 2.17. The largest absolute Gasteiger partial charge is 0.363 e. The van der Waals surface area contributed by atoms with Gasteiger partial charge in [0.1, 0.15) is 0 Å². The van der Waals surface area contributed by atoms with Gasteiger partial charge < -0.3 is 16.0 Å². The number of hydrogen-bond donors (Lipinski definition) is 3. The Morgan fingerprint density at radius 2 is 1.74 bits per heavy atom. The molecule has 0 saturated heterocycles. The zero-order valence-electron chi connectivity index (χ0n) is 13.3. The van der Waals surface area contributed by atoms with E-state index in [1.54, 1.807) is 6.07 Å². The molecule has 2 rings (SSSR count). The molecule has 23 heavy (non-hydrogen) atoms. The van der Waals surface area contributed by atoms with Crippen LogP contribution in [0.1, 0.15) is 35.8 Å². The molecule has 1 amide bonds. The zero-order valence-corrected chi connectivity index (χ0v) is 14.1. The van der Waals surface area contributed by atoms with Gasteiger partial charge >= 0.3 is 0 Å². The maximum atomic E-state index is 12.6. The van der Waals surface area contributed by atoms with E-state index in [2.05, 4.69) is 16.0 Å². The molecule has 0 aromatic heterocycles. The number of carbonyl (C=O) groups is 1. The first-order chi connectivity index (χ1) is 11.1. The van der Waals surface area contributed by atoms with Crippen LogP contribution >= 0.6 is 12.2 Å². The minimum atomic E-state index is -0.135. The monoisotopic (exact) mass is 327 g/mol. The third kappa shape index (κ3) is 4.79. The van der Waals surface area contributed by atoms with E-state index < -0.39 is 0 Å². The Morgan fingerprint density at radius 1 is 1.09 bits per heavy atom. The number of thiocarbonyl (C=S) groups is 1. The van der Waals surface area contributed by atoms with E-state index in [0.717, 1.165) is 12.1 Å². The molecule has 0 radical (unpaired) electrons. The second kappa shape index (κ2) is 8.29. The number of rotatable bonds is 5. The van der Waals surface area contributed by atoms with Crippen molar-refractivity contribution in [1.29, 1.82) is 0 Å². The third-order valence-electron chi connectivity index (χ3n) is 3.40. The minimum Gasteiger partial charge on any atom is -0.363 e. The summed E-state index contributed by atoms with van der Waals surface area (Å²) in [5.41, 5.74) is 2.32. The standard InChI is InChI=1S/C18H21N3OS/c1-3-19-18(23)21-16-12-8-7-11-15(16)17(22)20-13(2)14-9-5-4-6-10-14/h4-13H,3H2,1-2H3,(H,20,22)(H2,19,21,23). The molecule has 0 fully saturated rings. The molecule has 0 bridgehead atoms. The molecule has 3 N–H and O–H groups in total. The molecule has 0 aliphatic carbocycles. The fourth-order valence-electron chi connectivity index (χ4n) is 2.22. The van der Waals surface area contributed by atoms with Crippen molar-refractivity contribution >= 4 is 28.9 Å². The molecule has 0 spiro atoms. The highest BCUT2D eigenvalue weighted by molar-refractivity contribution is 7.80. The number of benzene rings is 2. The van der Waals surface area contributed by atoms with Crippen LogP contribution in [-0.4, -0.2) is 17.6 Å². The Hall–Kier alpha value is -2.40. The van der Waals surface area contributed by atoms with Crippen LogP contribution in [0.25, 0.3) is 0 Å². The Bertz CT molecular complexity index is 673. The summed E-state index contributed by atoms with van der Waals surface area (Å²) >= 11 is 5.19. The average molecular weight is 327 g/mol. The van der Waals surface area contributed by atoms with Crippen LogP contribution in [0.3, 0.4) is 0 Å². The third-order valence-corrected chi connectivity index (χ3v) is 3.65. The Kier molecular flexibility index (Phi) is 6.11. The molecule has 0 heterocycles. The Balaban J connectivity index is 2.11. The van der Waals surface area contributed by atoms with Gasteiger partial charge in [-0.25, -0.2) is 0 Å². The summed E-state index contributed by atoms with van der Waals surface area (Å²) in [6.07, 6.45) is 0. The van der Waals surface area contributed by atoms with E-state index in [0.29, 0.717) is 16.4 Å². The summed E-state index contributed by atoms with van der Waals surface area (Å²) in [5.74, 6) is -0.135. The molecule has 0 saturated carbocycles. The summed E-state index contributed by atoms with van der Waals surface area (Å²) in [6.45, 7) is 4.66. The van der Waals surface area contributed by atoms with Crippen LogP contribution in [-0.2, 0) is 0 Å². The number of anilines is 1. The van der Waals surface area contributed by atoms with Gasteiger partial charge in [-0.1, -0.05) is 42.5 Å². The molecule has 1 atom stereocenters. The van der Waals surface area contributed by atoms with Gasteiger partial charge in [-0.2, -0.15) is 0 Å². The summed E-state index contributed by atoms with van der Waals surface area (Å²) < 4.78 is 0. The first kappa shape index (κ1) is 17.0. The molecule has 2 aromatic rings. The maximum absolute atomic E-state index is 12.6. The first-order valence-electron chi connectivity index (χ1n) is 7.61. The summed E-state index contributed by atoms with van der Waals surface area (Å²) in [5, 5.41) is 9.60. The lowest BCUT2D eigenvalue weighted by Gasteiger charge is -2.17. The molecular formula is C18H21N3OS. The SMILES string of the molecule is CCNC(=S)Nc1ccccc1C(=O)NC(C)c1ccccc1. The summed E-state index contributed by atoms with van der Waals surface area (Å²) in [4.78, 5) is 12.6. The van der Waals surface area contributed by atoms with Crippen LogP contribution < -0.4 is 16.0 Å². The van der Waals surface area contributed by atoms with E-state index in [9.17, 15) is 4.79 Å². The van der Waals surface area contributed by atoms with Crippen LogP contribution in [0.4, 0.5) is 5.69 Å². The molecule has 2 aromatic carbocycles. The quantitative estimate of drug-likeness (QED) is 0.736. The summed E-state index contributed by atoms with van der Waals surface area (Å²) in [6, 6.07) is 17.1. The van der Waals surface area contributed by atoms with Crippen molar-refractivity contribution in [2.75, 3.05) is 11.9 Å². The van der Waals surface area contributed by atoms with Crippen molar-refractivity contribution in [1.82, 2.24) is 10.6 Å². The van der Waals surface area contributed by atoms with Gasteiger partial charge in [-0.05, 0) is 43.8 Å². The normalized spacial score (nSPS) is 11.4. The lowest BCUT2D eigenvalue weighted by atomic mass is 10.1. The Morgan fingerprint density at radius 3 is 2.43 bits per heavy atom. The minimum absolute atomic E-state index is 0.0718. The molecule has 4 nitrogen and oxygen atoms in total. The fraction of sp³-hybridized carbons (Fsp3) is 0.222. The van der Waals surface area contributed by atoms with Crippen LogP contribution in [0.5, 0.6) is 0 Å². The van der Waals surface area contributed by atoms with E-state index in [4.69, 9.17) is 12.2 Å². The lowest BCUT2D eigenvalue weighted by Crippen LogP contribution is -2.31. The average Bonchev–Trinajstić information content (AvgIpc) is 2.56. The fourth-order valence-corrected chi connectivity index (χ4v) is 2.47. The van der Waals surface area contributed by atoms with E-state index in [1.165, 1.54) is 0 Å². The van der Waals surface area contributed by atoms with Gasteiger partial charge in [-0.3, -0.25) is 4.79 Å². The molecule has 0 aliphatic heterocycles. The zero-order chi connectivity index (χ0) is 16.7. The van der Waals surface area contributed by atoms with Crippen molar-refractivity contribution < 1.29 is 4.79 Å². The Labute approximate surface area is 142 Å². The molecule has 0 aliphatic rings. The predicted molar refractivity (Wildman–Crippen MR) is 98.7 cm³/mol. The number of nitrogens with one attached hydrogen (secondary N) is 3. The lowest BCUT2D eigenvalue weighted by molar-refractivity contribution is 0.0941. The van der Waals surface area contributed by atoms with Crippen LogP contribution in [0.2, 0.25) is 0 Å². The molecule has 1 unspecified atom stereocenters. The number of amides is 1. The van der Waals surface area contributed by atoms with Crippen LogP contribution in [0.15, 0.2) is 54.6 Å². The molecule has 5 heteroatoms. The highest BCUT2D eigenvalue weighted by atomic mass is 32.1. The van der Waals surface area contributed by atoms with Crippen molar-refractivity contribution in [3.8, 4) is 0 Å². The topological polar surface area (TPSA) is 53.2 Å². The first-order valence-corrected chi connectivity index (χ1v) is 8.02. The summed E-state index contributed by atoms with van der Waals surface area (Å²) in [7, 11) is 0. The van der Waals surface area contributed by atoms with E-state index >= 15 is 0 Å². The van der Waals surface area contributed by atoms with Crippen LogP contribution in [0, 0.1) is 0 Å². The van der Waals surface area contributed by atoms with Gasteiger partial charge in [-0.15, -0.1) is 0 Å². The van der Waals surface area contributed by atoms with Gasteiger partial charge in [0.05, 0.1) is 17.3 Å². The van der Waals surface area contributed by atoms with E-state index in [-0.39, 0.29) is 11.9 Å².